The van der Waals surface area contributed by atoms with Crippen LogP contribution in [0.15, 0.2) is 22.8 Å². The first kappa shape index (κ1) is 19.3. The molecule has 27 heavy (non-hydrogen) atoms. The maximum Gasteiger partial charge on any atom is 0.407 e. The summed E-state index contributed by atoms with van der Waals surface area (Å²) in [5.41, 5.74) is 0.255. The first-order valence-electron chi connectivity index (χ1n) is 8.37. The van der Waals surface area contributed by atoms with Gasteiger partial charge in [0.15, 0.2) is 5.78 Å². The second kappa shape index (κ2) is 7.63. The van der Waals surface area contributed by atoms with E-state index >= 15 is 0 Å². The van der Waals surface area contributed by atoms with Crippen molar-refractivity contribution in [3.63, 3.8) is 0 Å². The van der Waals surface area contributed by atoms with E-state index in [9.17, 15) is 23.9 Å². The Hall–Kier alpha value is -2.49. The average molecular weight is 442 g/mol. The lowest BCUT2D eigenvalue weighted by Crippen LogP contribution is -2.45. The lowest BCUT2D eigenvalue weighted by molar-refractivity contribution is -0.152. The zero-order chi connectivity index (χ0) is 19.7. The molecule has 2 atom stereocenters. The number of fused-ring (bicyclic) bond motifs is 1. The van der Waals surface area contributed by atoms with Crippen LogP contribution in [0, 0.1) is 5.82 Å². The first-order valence-corrected chi connectivity index (χ1v) is 9.16. The minimum atomic E-state index is -1.49. The SMILES string of the molecule is CCOC(=O)C(C(=O)[C@@H]1CCCN1C(=O)O)n1cc2c(F)cc(Br)cc2n1. The molecule has 1 amide bonds. The van der Waals surface area contributed by atoms with Crippen LogP contribution in [0.3, 0.4) is 0 Å². The molecule has 3 rings (SSSR count). The fourth-order valence-electron chi connectivity index (χ4n) is 3.25. The molecular weight excluding hydrogens is 425 g/mol. The van der Waals surface area contributed by atoms with E-state index in [0.717, 1.165) is 9.58 Å². The Kier molecular flexibility index (Phi) is 5.45. The van der Waals surface area contributed by atoms with Crippen LogP contribution in [0.5, 0.6) is 0 Å². The van der Waals surface area contributed by atoms with Gasteiger partial charge in [-0.1, -0.05) is 15.9 Å². The van der Waals surface area contributed by atoms with Gasteiger partial charge in [0.25, 0.3) is 0 Å². The molecular formula is C17H17BrFN3O5. The number of halogens is 2. The molecule has 1 unspecified atom stereocenters. The molecule has 1 aromatic heterocycles. The number of carboxylic acid groups (broad SMARTS) is 1. The molecule has 0 bridgehead atoms. The highest BCUT2D eigenvalue weighted by Crippen LogP contribution is 2.27. The largest absolute Gasteiger partial charge is 0.465 e. The monoisotopic (exact) mass is 441 g/mol. The van der Waals surface area contributed by atoms with Crippen LogP contribution >= 0.6 is 15.9 Å². The number of likely N-dealkylation sites (tertiary alicyclic amines) is 1. The zero-order valence-electron chi connectivity index (χ0n) is 14.4. The normalized spacial score (nSPS) is 17.9. The van der Waals surface area contributed by atoms with Crippen LogP contribution in [-0.2, 0) is 14.3 Å². The number of esters is 1. The van der Waals surface area contributed by atoms with Crippen LogP contribution in [0.4, 0.5) is 9.18 Å². The molecule has 1 aliphatic heterocycles. The van der Waals surface area contributed by atoms with Crippen LogP contribution in [-0.4, -0.2) is 56.8 Å². The summed E-state index contributed by atoms with van der Waals surface area (Å²) < 4.78 is 20.7. The predicted molar refractivity (Wildman–Crippen MR) is 95.8 cm³/mol. The first-order chi connectivity index (χ1) is 12.8. The van der Waals surface area contributed by atoms with E-state index in [0.29, 0.717) is 17.3 Å². The van der Waals surface area contributed by atoms with Gasteiger partial charge in [-0.3, -0.25) is 9.69 Å². The average Bonchev–Trinajstić information content (AvgIpc) is 3.22. The van der Waals surface area contributed by atoms with Crippen molar-refractivity contribution in [2.45, 2.75) is 31.8 Å². The summed E-state index contributed by atoms with van der Waals surface area (Å²) in [6.45, 7) is 1.84. The summed E-state index contributed by atoms with van der Waals surface area (Å²) in [6.07, 6.45) is 0.855. The van der Waals surface area contributed by atoms with Crippen molar-refractivity contribution in [3.05, 3.63) is 28.6 Å². The third kappa shape index (κ3) is 3.66. The minimum absolute atomic E-state index is 0.0383. The number of ether oxygens (including phenoxy) is 1. The second-order valence-corrected chi connectivity index (χ2v) is 7.04. The molecule has 1 saturated heterocycles. The van der Waals surface area contributed by atoms with E-state index in [1.54, 1.807) is 13.0 Å². The van der Waals surface area contributed by atoms with E-state index in [2.05, 4.69) is 21.0 Å². The van der Waals surface area contributed by atoms with Gasteiger partial charge in [-0.25, -0.2) is 18.7 Å². The van der Waals surface area contributed by atoms with Gasteiger partial charge in [0.05, 0.1) is 23.6 Å². The number of aromatic nitrogens is 2. The number of carbonyl (C=O) groups is 3. The molecule has 1 N–H and O–H groups in total. The number of rotatable bonds is 5. The number of Topliss-reactive ketones (excluding diaryl/α,β-unsaturated/α-hetero) is 1. The topological polar surface area (TPSA) is 102 Å². The van der Waals surface area contributed by atoms with Crippen LogP contribution in [0.2, 0.25) is 0 Å². The highest BCUT2D eigenvalue weighted by Gasteiger charge is 2.42. The standard InChI is InChI=1S/C17H17BrFN3O5/c1-2-27-16(24)14(15(23)13-4-3-5-21(13)17(25)26)22-8-10-11(19)6-9(18)7-12(10)20-22/h6-8,13-14H,2-5H2,1H3,(H,25,26)/t13-,14?/m0/s1. The molecule has 2 aromatic rings. The molecule has 0 spiro atoms. The van der Waals surface area contributed by atoms with E-state index in [4.69, 9.17) is 4.74 Å². The Morgan fingerprint density at radius 2 is 2.19 bits per heavy atom. The highest BCUT2D eigenvalue weighted by molar-refractivity contribution is 9.10. The second-order valence-electron chi connectivity index (χ2n) is 6.12. The van der Waals surface area contributed by atoms with E-state index in [-0.39, 0.29) is 24.1 Å². The minimum Gasteiger partial charge on any atom is -0.465 e. The maximum atomic E-state index is 14.2. The summed E-state index contributed by atoms with van der Waals surface area (Å²) in [5, 5.41) is 13.6. The maximum absolute atomic E-state index is 14.2. The van der Waals surface area contributed by atoms with Crippen LogP contribution in [0.1, 0.15) is 25.8 Å². The van der Waals surface area contributed by atoms with Gasteiger partial charge in [-0.2, -0.15) is 5.10 Å². The summed E-state index contributed by atoms with van der Waals surface area (Å²) in [5.74, 6) is -2.05. The summed E-state index contributed by atoms with van der Waals surface area (Å²) in [7, 11) is 0. The van der Waals surface area contributed by atoms with E-state index < -0.39 is 35.7 Å². The third-order valence-electron chi connectivity index (χ3n) is 4.43. The fourth-order valence-corrected chi connectivity index (χ4v) is 3.67. The lowest BCUT2D eigenvalue weighted by atomic mass is 10.0. The van der Waals surface area contributed by atoms with Gasteiger partial charge >= 0.3 is 12.1 Å². The molecule has 0 aliphatic carbocycles. The number of nitrogens with zero attached hydrogens (tertiary/aromatic N) is 3. The number of ketones is 1. The Bertz CT molecular complexity index is 915. The summed E-state index contributed by atoms with van der Waals surface area (Å²) in [4.78, 5) is 37.9. The number of amides is 1. The van der Waals surface area contributed by atoms with Gasteiger partial charge in [0, 0.05) is 17.2 Å². The van der Waals surface area contributed by atoms with E-state index in [1.165, 1.54) is 12.3 Å². The van der Waals surface area contributed by atoms with Crippen molar-refractivity contribution >= 4 is 44.7 Å². The van der Waals surface area contributed by atoms with Gasteiger partial charge < -0.3 is 9.84 Å². The highest BCUT2D eigenvalue weighted by atomic mass is 79.9. The molecule has 2 heterocycles. The Labute approximate surface area is 162 Å². The quantitative estimate of drug-likeness (QED) is 0.565. The van der Waals surface area contributed by atoms with Crippen molar-refractivity contribution in [3.8, 4) is 0 Å². The Morgan fingerprint density at radius 3 is 2.85 bits per heavy atom. The Morgan fingerprint density at radius 1 is 1.44 bits per heavy atom. The number of carbonyl (C=O) groups excluding carboxylic acids is 2. The van der Waals surface area contributed by atoms with Crippen LogP contribution < -0.4 is 0 Å². The molecule has 0 radical (unpaired) electrons. The zero-order valence-corrected chi connectivity index (χ0v) is 16.0. The van der Waals surface area contributed by atoms with E-state index in [1.807, 2.05) is 0 Å². The lowest BCUT2D eigenvalue weighted by Gasteiger charge is -2.24. The molecule has 1 fully saturated rings. The van der Waals surface area contributed by atoms with Crippen molar-refractivity contribution < 1.29 is 28.6 Å². The van der Waals surface area contributed by atoms with Crippen LogP contribution in [0.25, 0.3) is 10.9 Å². The van der Waals surface area contributed by atoms with Gasteiger partial charge in [-0.15, -0.1) is 0 Å². The van der Waals surface area contributed by atoms with Crippen molar-refractivity contribution in [1.82, 2.24) is 14.7 Å². The molecule has 8 nitrogen and oxygen atoms in total. The van der Waals surface area contributed by atoms with Gasteiger partial charge in [0.1, 0.15) is 5.82 Å². The Balaban J connectivity index is 2.04. The van der Waals surface area contributed by atoms with Gasteiger partial charge in [-0.05, 0) is 31.9 Å². The van der Waals surface area contributed by atoms with Crippen molar-refractivity contribution in [1.29, 1.82) is 0 Å². The number of hydrogen-bond donors (Lipinski definition) is 1. The molecule has 10 heteroatoms. The molecule has 144 valence electrons. The molecule has 1 aliphatic rings. The fraction of sp³-hybridized carbons (Fsp3) is 0.412. The van der Waals surface area contributed by atoms with Gasteiger partial charge in [0.2, 0.25) is 6.04 Å². The third-order valence-corrected chi connectivity index (χ3v) is 4.89. The summed E-state index contributed by atoms with van der Waals surface area (Å²) in [6, 6.07) is 0.348. The smallest absolute Gasteiger partial charge is 0.407 e. The molecule has 0 saturated carbocycles. The summed E-state index contributed by atoms with van der Waals surface area (Å²) >= 11 is 3.17. The number of benzene rings is 1. The number of hydrogen-bond acceptors (Lipinski definition) is 5. The molecule has 1 aromatic carbocycles. The predicted octanol–water partition coefficient (Wildman–Crippen LogP) is 2.75. The van der Waals surface area contributed by atoms with Crippen molar-refractivity contribution in [2.24, 2.45) is 0 Å². The van der Waals surface area contributed by atoms with Crippen molar-refractivity contribution in [2.75, 3.05) is 13.2 Å².